The van der Waals surface area contributed by atoms with E-state index >= 15 is 0 Å². The molecule has 0 amide bonds. The van der Waals surface area contributed by atoms with E-state index in [2.05, 4.69) is 19.9 Å². The van der Waals surface area contributed by atoms with E-state index < -0.39 is 6.10 Å². The molecular weight excluding hydrogens is 252 g/mol. The van der Waals surface area contributed by atoms with E-state index in [1.165, 1.54) is 0 Å². The van der Waals surface area contributed by atoms with Crippen LogP contribution in [0.5, 0.6) is 0 Å². The molecule has 1 aliphatic rings. The summed E-state index contributed by atoms with van der Waals surface area (Å²) in [6.07, 6.45) is 5.34. The molecule has 0 spiro atoms. The highest BCUT2D eigenvalue weighted by Crippen LogP contribution is 2.28. The van der Waals surface area contributed by atoms with Crippen molar-refractivity contribution in [3.8, 4) is 0 Å². The fourth-order valence-corrected chi connectivity index (χ4v) is 2.73. The van der Waals surface area contributed by atoms with Gasteiger partial charge in [0.15, 0.2) is 0 Å². The summed E-state index contributed by atoms with van der Waals surface area (Å²) in [4.78, 5) is 14.4. The van der Waals surface area contributed by atoms with Gasteiger partial charge in [0.05, 0.1) is 11.8 Å². The Morgan fingerprint density at radius 1 is 1.35 bits per heavy atom. The van der Waals surface area contributed by atoms with Gasteiger partial charge in [-0.1, -0.05) is 6.07 Å². The van der Waals surface area contributed by atoms with Gasteiger partial charge in [-0.25, -0.2) is 9.97 Å². The van der Waals surface area contributed by atoms with Crippen molar-refractivity contribution >= 4 is 5.82 Å². The molecule has 20 heavy (non-hydrogen) atoms. The molecule has 0 aliphatic carbocycles. The molecule has 2 aromatic heterocycles. The molecule has 1 atom stereocenters. The summed E-state index contributed by atoms with van der Waals surface area (Å²) in [6.45, 7) is 3.69. The quantitative estimate of drug-likeness (QED) is 0.899. The van der Waals surface area contributed by atoms with Crippen molar-refractivity contribution in [3.05, 3.63) is 42.1 Å². The Kier molecular flexibility index (Phi) is 3.69. The maximum Gasteiger partial charge on any atom is 0.128 e. The number of nitrogens with zero attached hydrogens (tertiary/aromatic N) is 3. The Labute approximate surface area is 118 Å². The molecule has 0 unspecified atom stereocenters. The number of pyridine rings is 1. The van der Waals surface area contributed by atoms with Crippen LogP contribution >= 0.6 is 0 Å². The summed E-state index contributed by atoms with van der Waals surface area (Å²) in [5, 5.41) is 9.62. The molecule has 106 valence electrons. The summed E-state index contributed by atoms with van der Waals surface area (Å²) in [5.74, 6) is 2.57. The first kappa shape index (κ1) is 13.1. The third-order valence-corrected chi connectivity index (χ3v) is 3.91. The van der Waals surface area contributed by atoms with Gasteiger partial charge in [0.2, 0.25) is 0 Å². The van der Waals surface area contributed by atoms with E-state index in [0.29, 0.717) is 5.92 Å². The Hall–Kier alpha value is -1.88. The van der Waals surface area contributed by atoms with Crippen molar-refractivity contribution in [2.45, 2.75) is 31.8 Å². The van der Waals surface area contributed by atoms with Crippen LogP contribution in [0.3, 0.4) is 0 Å². The minimum absolute atomic E-state index is 0.515. The van der Waals surface area contributed by atoms with E-state index in [1.807, 2.05) is 30.6 Å². The molecule has 5 nitrogen and oxygen atoms in total. The number of nitrogens with one attached hydrogen (secondary N) is 1. The highest BCUT2D eigenvalue weighted by atomic mass is 16.3. The molecule has 1 aliphatic heterocycles. The van der Waals surface area contributed by atoms with Gasteiger partial charge in [-0.3, -0.25) is 0 Å². The Balaban J connectivity index is 1.67. The molecule has 0 saturated carbocycles. The maximum absolute atomic E-state index is 9.62. The number of aliphatic hydroxyl groups excluding tert-OH is 1. The van der Waals surface area contributed by atoms with Crippen LogP contribution in [-0.2, 0) is 0 Å². The molecule has 3 heterocycles. The highest BCUT2D eigenvalue weighted by Gasteiger charge is 2.23. The summed E-state index contributed by atoms with van der Waals surface area (Å²) in [6, 6.07) is 5.84. The van der Waals surface area contributed by atoms with E-state index in [1.54, 1.807) is 6.92 Å². The number of H-pyrrole nitrogens is 1. The first-order chi connectivity index (χ1) is 9.74. The predicted octanol–water partition coefficient (Wildman–Crippen LogP) is 2.24. The molecule has 5 heteroatoms. The standard InChI is InChI=1S/C15H20N4O/c1-11(20)13-3-2-4-14(18-13)19-9-5-12(6-10-19)15-16-7-8-17-15/h2-4,7-8,11-12,20H,5-6,9-10H2,1H3,(H,16,17)/t11-/m1/s1. The lowest BCUT2D eigenvalue weighted by atomic mass is 9.96. The number of imidazole rings is 1. The number of rotatable bonds is 3. The minimum Gasteiger partial charge on any atom is -0.387 e. The topological polar surface area (TPSA) is 65.0 Å². The molecular formula is C15H20N4O. The number of hydrogen-bond donors (Lipinski definition) is 2. The third kappa shape index (κ3) is 2.67. The molecule has 1 fully saturated rings. The van der Waals surface area contributed by atoms with Crippen molar-refractivity contribution < 1.29 is 5.11 Å². The third-order valence-electron chi connectivity index (χ3n) is 3.91. The number of piperidine rings is 1. The van der Waals surface area contributed by atoms with Crippen molar-refractivity contribution in [2.24, 2.45) is 0 Å². The molecule has 0 radical (unpaired) electrons. The zero-order valence-corrected chi connectivity index (χ0v) is 11.7. The monoisotopic (exact) mass is 272 g/mol. The minimum atomic E-state index is -0.518. The molecule has 1 saturated heterocycles. The van der Waals surface area contributed by atoms with E-state index in [0.717, 1.165) is 43.3 Å². The van der Waals surface area contributed by atoms with Crippen molar-refractivity contribution in [3.63, 3.8) is 0 Å². The van der Waals surface area contributed by atoms with Crippen LogP contribution < -0.4 is 4.90 Å². The first-order valence-electron chi connectivity index (χ1n) is 7.13. The lowest BCUT2D eigenvalue weighted by Gasteiger charge is -2.32. The highest BCUT2D eigenvalue weighted by molar-refractivity contribution is 5.40. The molecule has 0 aromatic carbocycles. The van der Waals surface area contributed by atoms with Crippen molar-refractivity contribution in [2.75, 3.05) is 18.0 Å². The number of hydrogen-bond acceptors (Lipinski definition) is 4. The first-order valence-corrected chi connectivity index (χ1v) is 7.13. The summed E-state index contributed by atoms with van der Waals surface area (Å²) in [5.41, 5.74) is 0.732. The summed E-state index contributed by atoms with van der Waals surface area (Å²) in [7, 11) is 0. The van der Waals surface area contributed by atoms with Gasteiger partial charge in [-0.2, -0.15) is 0 Å². The molecule has 2 aromatic rings. The summed E-state index contributed by atoms with van der Waals surface area (Å²) < 4.78 is 0. The second-order valence-electron chi connectivity index (χ2n) is 5.33. The van der Waals surface area contributed by atoms with Crippen LogP contribution in [0.25, 0.3) is 0 Å². The van der Waals surface area contributed by atoms with Gasteiger partial charge < -0.3 is 15.0 Å². The van der Waals surface area contributed by atoms with Gasteiger partial charge in [0, 0.05) is 31.4 Å². The van der Waals surface area contributed by atoms with Crippen LogP contribution in [0.2, 0.25) is 0 Å². The Morgan fingerprint density at radius 3 is 2.80 bits per heavy atom. The lowest BCUT2D eigenvalue weighted by molar-refractivity contribution is 0.194. The second-order valence-corrected chi connectivity index (χ2v) is 5.33. The largest absolute Gasteiger partial charge is 0.387 e. The van der Waals surface area contributed by atoms with Crippen LogP contribution in [0.1, 0.15) is 43.3 Å². The zero-order valence-electron chi connectivity index (χ0n) is 11.7. The maximum atomic E-state index is 9.62. The van der Waals surface area contributed by atoms with Crippen LogP contribution in [0.15, 0.2) is 30.6 Å². The Morgan fingerprint density at radius 2 is 2.15 bits per heavy atom. The van der Waals surface area contributed by atoms with E-state index in [-0.39, 0.29) is 0 Å². The van der Waals surface area contributed by atoms with Crippen LogP contribution in [0, 0.1) is 0 Å². The summed E-state index contributed by atoms with van der Waals surface area (Å²) >= 11 is 0. The number of aromatic nitrogens is 3. The van der Waals surface area contributed by atoms with Crippen LogP contribution in [0.4, 0.5) is 5.82 Å². The van der Waals surface area contributed by atoms with Crippen LogP contribution in [-0.4, -0.2) is 33.1 Å². The smallest absolute Gasteiger partial charge is 0.128 e. The van der Waals surface area contributed by atoms with Gasteiger partial charge in [-0.05, 0) is 31.9 Å². The number of aromatic amines is 1. The van der Waals surface area contributed by atoms with Gasteiger partial charge in [-0.15, -0.1) is 0 Å². The molecule has 0 bridgehead atoms. The Bertz CT molecular complexity index is 545. The number of anilines is 1. The van der Waals surface area contributed by atoms with Crippen molar-refractivity contribution in [1.82, 2.24) is 15.0 Å². The normalized spacial score (nSPS) is 18.2. The second kappa shape index (κ2) is 5.63. The average molecular weight is 272 g/mol. The van der Waals surface area contributed by atoms with E-state index in [9.17, 15) is 5.11 Å². The zero-order chi connectivity index (χ0) is 13.9. The lowest BCUT2D eigenvalue weighted by Crippen LogP contribution is -2.33. The van der Waals surface area contributed by atoms with E-state index in [4.69, 9.17) is 0 Å². The van der Waals surface area contributed by atoms with Gasteiger partial charge in [0.25, 0.3) is 0 Å². The fraction of sp³-hybridized carbons (Fsp3) is 0.467. The van der Waals surface area contributed by atoms with Gasteiger partial charge >= 0.3 is 0 Å². The predicted molar refractivity (Wildman–Crippen MR) is 77.6 cm³/mol. The van der Waals surface area contributed by atoms with Gasteiger partial charge in [0.1, 0.15) is 11.6 Å². The SMILES string of the molecule is C[C@@H](O)c1cccc(N2CCC(c3ncc[nH]3)CC2)n1. The number of aliphatic hydroxyl groups is 1. The fourth-order valence-electron chi connectivity index (χ4n) is 2.73. The average Bonchev–Trinajstić information content (AvgIpc) is 3.02. The van der Waals surface area contributed by atoms with Crippen molar-refractivity contribution in [1.29, 1.82) is 0 Å². The molecule has 2 N–H and O–H groups in total. The molecule has 3 rings (SSSR count).